The van der Waals surface area contributed by atoms with E-state index in [1.165, 1.54) is 0 Å². The van der Waals surface area contributed by atoms with Crippen molar-refractivity contribution in [2.45, 2.75) is 0 Å². The van der Waals surface area contributed by atoms with Gasteiger partial charge in [-0.3, -0.25) is 0 Å². The Morgan fingerprint density at radius 1 is 0.321 bits per heavy atom. The first kappa shape index (κ1) is 16.1. The van der Waals surface area contributed by atoms with Gasteiger partial charge in [0.05, 0.1) is 31.5 Å². The summed E-state index contributed by atoms with van der Waals surface area (Å²) in [5.74, 6) is 0. The maximum absolute atomic E-state index is 9.89. The van der Waals surface area contributed by atoms with Crippen LogP contribution in [0.1, 0.15) is 31.5 Å². The Hall–Kier alpha value is -7.42. The number of hydrogen-bond donors (Lipinski definition) is 0. The lowest BCUT2D eigenvalue weighted by molar-refractivity contribution is 0.663. The van der Waals surface area contributed by atoms with Gasteiger partial charge in [0.15, 0.2) is 0 Å². The van der Waals surface area contributed by atoms with Gasteiger partial charge in [0.25, 0.3) is 0 Å². The SMILES string of the molecule is [2H]c1c([2H])c([2H])c2c(oc3c([2H])c([2H])c4oc5c([2H])c(-c6c([2H])c([2H])c7c([2H])c(-c8c9c([2H])c([2H])c([2H])c([2H])c9c(-c9ccccc9-c9ccccc9)c9c([2H])c([2H])c([2H])c([2H])c89)c([2H])c([2H])c7c6[2H])c([2H])c([2H])c5c4c32)c1[2H]. The van der Waals surface area contributed by atoms with Crippen LogP contribution in [0.3, 0.4) is 0 Å². The Bertz CT molecular complexity index is 4790. The fourth-order valence-electron chi connectivity index (χ4n) is 7.46. The Morgan fingerprint density at radius 3 is 1.52 bits per heavy atom. The molecule has 0 aliphatic heterocycles. The van der Waals surface area contributed by atoms with Gasteiger partial charge >= 0.3 is 0 Å². The number of fused-ring (bicyclic) bond motifs is 10. The Balaban J connectivity index is 1.20. The van der Waals surface area contributed by atoms with Crippen LogP contribution in [0, 0.1) is 0 Å². The maximum atomic E-state index is 9.89. The van der Waals surface area contributed by atoms with Crippen LogP contribution >= 0.6 is 0 Å². The lowest BCUT2D eigenvalue weighted by atomic mass is 9.83. The normalized spacial score (nSPS) is 17.7. The minimum atomic E-state index is -0.925. The van der Waals surface area contributed by atoms with Crippen LogP contribution in [0.5, 0.6) is 0 Å². The molecule has 0 spiro atoms. The van der Waals surface area contributed by atoms with Crippen LogP contribution in [0.25, 0.3) is 121 Å². The fourth-order valence-corrected chi connectivity index (χ4v) is 7.46. The molecule has 2 aromatic heterocycles. The summed E-state index contributed by atoms with van der Waals surface area (Å²) in [5, 5.41) is -3.55. The van der Waals surface area contributed by atoms with E-state index in [0.29, 0.717) is 16.7 Å². The lowest BCUT2D eigenvalue weighted by Crippen LogP contribution is -1.92. The van der Waals surface area contributed by atoms with Gasteiger partial charge in [-0.25, -0.2) is 0 Å². The van der Waals surface area contributed by atoms with E-state index in [1.807, 2.05) is 0 Å². The van der Waals surface area contributed by atoms with E-state index in [-0.39, 0.29) is 49.0 Å². The third-order valence-corrected chi connectivity index (χ3v) is 9.86. The van der Waals surface area contributed by atoms with E-state index in [2.05, 4.69) is 0 Å². The molecule has 0 aliphatic rings. The zero-order chi connectivity index (χ0) is 56.8. The predicted molar refractivity (Wildman–Crippen MR) is 235 cm³/mol. The van der Waals surface area contributed by atoms with Crippen LogP contribution in [0.15, 0.2) is 202 Å². The van der Waals surface area contributed by atoms with E-state index >= 15 is 0 Å². The molecule has 0 saturated heterocycles. The average molecular weight is 736 g/mol. The molecule has 2 heteroatoms. The van der Waals surface area contributed by atoms with Crippen molar-refractivity contribution >= 4 is 76.2 Å². The predicted octanol–water partition coefficient (Wildman–Crippen LogP) is 15.6. The van der Waals surface area contributed by atoms with Gasteiger partial charge in [0, 0.05) is 21.5 Å². The molecule has 0 bridgehead atoms. The number of para-hydroxylation sites is 1. The van der Waals surface area contributed by atoms with E-state index in [9.17, 15) is 17.8 Å². The number of rotatable bonds is 4. The molecule has 260 valence electrons. The number of benzene rings is 10. The summed E-state index contributed by atoms with van der Waals surface area (Å²) in [6.07, 6.45) is 0. The van der Waals surface area contributed by atoms with Gasteiger partial charge in [-0.2, -0.15) is 0 Å². The summed E-state index contributed by atoms with van der Waals surface area (Å²) in [6.45, 7) is 0. The first-order chi connectivity index (χ1) is 37.4. The van der Waals surface area contributed by atoms with Gasteiger partial charge in [-0.05, 0) is 119 Å². The first-order valence-electron chi connectivity index (χ1n) is 28.8. The van der Waals surface area contributed by atoms with Gasteiger partial charge in [0.2, 0.25) is 0 Å². The second-order valence-electron chi connectivity index (χ2n) is 12.9. The Labute approximate surface area is 354 Å². The van der Waals surface area contributed by atoms with Crippen LogP contribution in [0.4, 0.5) is 0 Å². The van der Waals surface area contributed by atoms with E-state index in [0.717, 1.165) is 0 Å². The summed E-state index contributed by atoms with van der Waals surface area (Å²) in [5.41, 5.74) is -2.79. The standard InChI is InChI=1S/C54H32O2/c1-2-12-33(13-3-1)39-14-4-5-15-40(39)52-43-18-8-6-16-41(43)51(42-17-7-9-19-44(42)52)38-25-24-34-30-35(22-23-36(34)31-38)37-26-27-46-50(32-37)56-49-29-28-48-53(54(46)49)45-20-10-11-21-47(45)55-48/h1-32H/i6D,7D,8D,9D,10D,11D,16D,17D,18D,19D,20D,21D,22D,23D,24D,25D,26D,27D,28D,29D,30D,31D,32D. The van der Waals surface area contributed by atoms with Crippen molar-refractivity contribution in [3.63, 3.8) is 0 Å². The van der Waals surface area contributed by atoms with E-state index < -0.39 is 194 Å². The molecule has 0 aliphatic carbocycles. The molecule has 56 heavy (non-hydrogen) atoms. The summed E-state index contributed by atoms with van der Waals surface area (Å²) in [7, 11) is 0. The molecular formula is C54H32O2. The number of furan rings is 2. The van der Waals surface area contributed by atoms with Crippen molar-refractivity contribution < 1.29 is 40.4 Å². The minimum absolute atomic E-state index is 0.0352. The van der Waals surface area contributed by atoms with Gasteiger partial charge in [-0.1, -0.05) is 151 Å². The van der Waals surface area contributed by atoms with Crippen LogP contribution < -0.4 is 0 Å². The fraction of sp³-hybridized carbons (Fsp3) is 0. The van der Waals surface area contributed by atoms with Gasteiger partial charge in [-0.15, -0.1) is 0 Å². The summed E-state index contributed by atoms with van der Waals surface area (Å²) in [4.78, 5) is 0. The zero-order valence-corrected chi connectivity index (χ0v) is 28.5. The third-order valence-electron chi connectivity index (χ3n) is 9.86. The largest absolute Gasteiger partial charge is 0.456 e. The van der Waals surface area contributed by atoms with Crippen LogP contribution in [-0.2, 0) is 0 Å². The van der Waals surface area contributed by atoms with Crippen molar-refractivity contribution in [2.75, 3.05) is 0 Å². The highest BCUT2D eigenvalue weighted by Crippen LogP contribution is 2.47. The van der Waals surface area contributed by atoms with Gasteiger partial charge < -0.3 is 8.83 Å². The molecule has 2 heterocycles. The van der Waals surface area contributed by atoms with Crippen molar-refractivity contribution in [3.05, 3.63) is 194 Å². The molecule has 0 N–H and O–H groups in total. The monoisotopic (exact) mass is 735 g/mol. The summed E-state index contributed by atoms with van der Waals surface area (Å²) in [6, 6.07) is -1.70. The summed E-state index contributed by atoms with van der Waals surface area (Å²) < 4.78 is 223. The molecule has 0 saturated carbocycles. The smallest absolute Gasteiger partial charge is 0.136 e. The molecule has 2 nitrogen and oxygen atoms in total. The van der Waals surface area contributed by atoms with Crippen LogP contribution in [-0.4, -0.2) is 0 Å². The van der Waals surface area contributed by atoms with Crippen molar-refractivity contribution in [2.24, 2.45) is 0 Å². The molecule has 0 amide bonds. The lowest BCUT2D eigenvalue weighted by Gasteiger charge is -2.20. The van der Waals surface area contributed by atoms with Crippen molar-refractivity contribution in [3.8, 4) is 44.5 Å². The second kappa shape index (κ2) is 12.0. The molecule has 12 aromatic rings. The quantitative estimate of drug-likeness (QED) is 0.168. The van der Waals surface area contributed by atoms with E-state index in [1.54, 1.807) is 54.6 Å². The second-order valence-corrected chi connectivity index (χ2v) is 12.9. The highest BCUT2D eigenvalue weighted by molar-refractivity contribution is 6.26. The highest BCUT2D eigenvalue weighted by atomic mass is 16.3. The van der Waals surface area contributed by atoms with Crippen molar-refractivity contribution in [1.82, 2.24) is 0 Å². The van der Waals surface area contributed by atoms with E-state index in [4.69, 9.17) is 22.5 Å². The first-order valence-corrected chi connectivity index (χ1v) is 17.3. The molecule has 0 unspecified atom stereocenters. The number of hydrogen-bond acceptors (Lipinski definition) is 2. The zero-order valence-electron chi connectivity index (χ0n) is 51.5. The molecule has 0 atom stereocenters. The summed E-state index contributed by atoms with van der Waals surface area (Å²) >= 11 is 0. The Morgan fingerprint density at radius 2 is 0.821 bits per heavy atom. The maximum Gasteiger partial charge on any atom is 0.136 e. The third kappa shape index (κ3) is 4.63. The molecule has 0 radical (unpaired) electrons. The Kier molecular flexibility index (Phi) is 3.47. The molecule has 10 aromatic carbocycles. The molecule has 12 rings (SSSR count). The topological polar surface area (TPSA) is 26.3 Å². The van der Waals surface area contributed by atoms with Gasteiger partial charge in [0.1, 0.15) is 22.3 Å². The van der Waals surface area contributed by atoms with Crippen molar-refractivity contribution in [1.29, 1.82) is 0 Å². The molecular weight excluding hydrogens is 681 g/mol. The minimum Gasteiger partial charge on any atom is -0.456 e. The average Bonchev–Trinajstić information content (AvgIpc) is 3.93. The molecule has 0 fully saturated rings. The van der Waals surface area contributed by atoms with Crippen LogP contribution in [0.2, 0.25) is 0 Å². The highest BCUT2D eigenvalue weighted by Gasteiger charge is 2.20.